The third-order valence-corrected chi connectivity index (χ3v) is 5.19. The first-order valence-electron chi connectivity index (χ1n) is 8.23. The highest BCUT2D eigenvalue weighted by atomic mass is 16.5. The van der Waals surface area contributed by atoms with Crippen LogP contribution in [-0.4, -0.2) is 35.6 Å². The monoisotopic (exact) mass is 265 g/mol. The van der Waals surface area contributed by atoms with Gasteiger partial charge in [-0.1, -0.05) is 13.3 Å². The van der Waals surface area contributed by atoms with Crippen molar-refractivity contribution in [2.75, 3.05) is 6.61 Å². The molecule has 0 aromatic carbocycles. The summed E-state index contributed by atoms with van der Waals surface area (Å²) in [5.41, 5.74) is 0. The normalized spacial score (nSPS) is 35.3. The molecule has 0 N–H and O–H groups in total. The van der Waals surface area contributed by atoms with E-state index in [4.69, 9.17) is 4.74 Å². The lowest BCUT2D eigenvalue weighted by Crippen LogP contribution is -2.48. The summed E-state index contributed by atoms with van der Waals surface area (Å²) in [4.78, 5) is 14.9. The van der Waals surface area contributed by atoms with E-state index in [1.54, 1.807) is 0 Å². The highest BCUT2D eigenvalue weighted by molar-refractivity contribution is 5.82. The van der Waals surface area contributed by atoms with Gasteiger partial charge in [0.15, 0.2) is 0 Å². The molecule has 0 bridgehead atoms. The van der Waals surface area contributed by atoms with Crippen molar-refractivity contribution in [1.29, 1.82) is 0 Å². The van der Waals surface area contributed by atoms with E-state index < -0.39 is 0 Å². The van der Waals surface area contributed by atoms with Gasteiger partial charge in [0.1, 0.15) is 6.10 Å². The van der Waals surface area contributed by atoms with Gasteiger partial charge in [-0.15, -0.1) is 0 Å². The minimum atomic E-state index is -0.121. The number of ether oxygens (including phenoxy) is 1. The Morgan fingerprint density at radius 2 is 1.68 bits per heavy atom. The SMILES string of the molecule is CCC1CCC(N(C(=O)[C@@H]2CCCO2)C2CC2)CC1. The lowest BCUT2D eigenvalue weighted by atomic mass is 9.83. The molecule has 108 valence electrons. The molecule has 0 aromatic rings. The Bertz CT molecular complexity index is 313. The van der Waals surface area contributed by atoms with E-state index in [0.717, 1.165) is 25.4 Å². The molecular formula is C16H27NO2. The van der Waals surface area contributed by atoms with Gasteiger partial charge in [0.25, 0.3) is 5.91 Å². The van der Waals surface area contributed by atoms with E-state index in [2.05, 4.69) is 11.8 Å². The molecule has 0 aromatic heterocycles. The van der Waals surface area contributed by atoms with Gasteiger partial charge in [-0.25, -0.2) is 0 Å². The molecule has 1 aliphatic heterocycles. The Balaban J connectivity index is 1.62. The second-order valence-electron chi connectivity index (χ2n) is 6.56. The molecule has 3 aliphatic rings. The van der Waals surface area contributed by atoms with Gasteiger partial charge >= 0.3 is 0 Å². The first-order valence-corrected chi connectivity index (χ1v) is 8.23. The molecule has 3 rings (SSSR count). The maximum Gasteiger partial charge on any atom is 0.252 e. The lowest BCUT2D eigenvalue weighted by molar-refractivity contribution is -0.145. The quantitative estimate of drug-likeness (QED) is 0.781. The van der Waals surface area contributed by atoms with Gasteiger partial charge in [-0.05, 0) is 57.3 Å². The van der Waals surface area contributed by atoms with Gasteiger partial charge in [0.2, 0.25) is 0 Å². The zero-order valence-corrected chi connectivity index (χ0v) is 12.1. The predicted molar refractivity (Wildman–Crippen MR) is 74.9 cm³/mol. The Labute approximate surface area is 116 Å². The summed E-state index contributed by atoms with van der Waals surface area (Å²) in [7, 11) is 0. The first-order chi connectivity index (χ1) is 9.29. The smallest absolute Gasteiger partial charge is 0.252 e. The highest BCUT2D eigenvalue weighted by Gasteiger charge is 2.41. The maximum absolute atomic E-state index is 12.7. The van der Waals surface area contributed by atoms with Crippen molar-refractivity contribution in [3.8, 4) is 0 Å². The Morgan fingerprint density at radius 3 is 2.16 bits per heavy atom. The fourth-order valence-electron chi connectivity index (χ4n) is 3.78. The maximum atomic E-state index is 12.7. The van der Waals surface area contributed by atoms with E-state index >= 15 is 0 Å². The van der Waals surface area contributed by atoms with Crippen LogP contribution in [0.2, 0.25) is 0 Å². The summed E-state index contributed by atoms with van der Waals surface area (Å²) in [6, 6.07) is 1.05. The first kappa shape index (κ1) is 13.4. The van der Waals surface area contributed by atoms with Crippen LogP contribution in [-0.2, 0) is 9.53 Å². The van der Waals surface area contributed by atoms with Crippen LogP contribution >= 0.6 is 0 Å². The Hall–Kier alpha value is -0.570. The highest BCUT2D eigenvalue weighted by Crippen LogP contribution is 2.37. The van der Waals surface area contributed by atoms with Crippen molar-refractivity contribution >= 4 is 5.91 Å². The molecule has 0 unspecified atom stereocenters. The average molecular weight is 265 g/mol. The summed E-state index contributed by atoms with van der Waals surface area (Å²) < 4.78 is 5.62. The number of amides is 1. The molecule has 2 aliphatic carbocycles. The second kappa shape index (κ2) is 5.82. The van der Waals surface area contributed by atoms with Crippen molar-refractivity contribution in [3.63, 3.8) is 0 Å². The minimum absolute atomic E-state index is 0.121. The molecule has 1 atom stereocenters. The minimum Gasteiger partial charge on any atom is -0.368 e. The van der Waals surface area contributed by atoms with E-state index in [1.807, 2.05) is 0 Å². The molecule has 1 amide bonds. The van der Waals surface area contributed by atoms with Crippen LogP contribution in [0, 0.1) is 5.92 Å². The van der Waals surface area contributed by atoms with Crippen LogP contribution in [0.1, 0.15) is 64.7 Å². The summed E-state index contributed by atoms with van der Waals surface area (Å²) in [5.74, 6) is 1.20. The second-order valence-corrected chi connectivity index (χ2v) is 6.56. The van der Waals surface area contributed by atoms with Crippen LogP contribution in [0.5, 0.6) is 0 Å². The van der Waals surface area contributed by atoms with Crippen LogP contribution < -0.4 is 0 Å². The van der Waals surface area contributed by atoms with Crippen LogP contribution in [0.3, 0.4) is 0 Å². The summed E-state index contributed by atoms with van der Waals surface area (Å²) in [5, 5.41) is 0. The summed E-state index contributed by atoms with van der Waals surface area (Å²) in [6.45, 7) is 3.07. The van der Waals surface area contributed by atoms with Gasteiger partial charge in [0.05, 0.1) is 0 Å². The van der Waals surface area contributed by atoms with Crippen molar-refractivity contribution in [1.82, 2.24) is 4.90 Å². The lowest BCUT2D eigenvalue weighted by Gasteiger charge is -2.38. The molecule has 1 saturated heterocycles. The van der Waals surface area contributed by atoms with Gasteiger partial charge in [0, 0.05) is 18.7 Å². The van der Waals surface area contributed by atoms with Crippen molar-refractivity contribution < 1.29 is 9.53 Å². The molecular weight excluding hydrogens is 238 g/mol. The summed E-state index contributed by atoms with van der Waals surface area (Å²) in [6.07, 6.45) is 10.6. The van der Waals surface area contributed by atoms with Crippen molar-refractivity contribution in [2.24, 2.45) is 5.92 Å². The van der Waals surface area contributed by atoms with E-state index in [9.17, 15) is 4.79 Å². The number of hydrogen-bond donors (Lipinski definition) is 0. The molecule has 0 spiro atoms. The number of carbonyl (C=O) groups excluding carboxylic acids is 1. The topological polar surface area (TPSA) is 29.5 Å². The molecule has 19 heavy (non-hydrogen) atoms. The van der Waals surface area contributed by atoms with Crippen LogP contribution in [0.4, 0.5) is 0 Å². The molecule has 0 radical (unpaired) electrons. The fraction of sp³-hybridized carbons (Fsp3) is 0.938. The molecule has 1 heterocycles. The molecule has 3 fully saturated rings. The fourth-order valence-corrected chi connectivity index (χ4v) is 3.78. The standard InChI is InChI=1S/C16H27NO2/c1-2-12-5-7-13(8-6-12)17(14-9-10-14)16(18)15-4-3-11-19-15/h12-15H,2-11H2,1H3/t12?,13?,15-/m0/s1. The number of carbonyl (C=O) groups is 1. The largest absolute Gasteiger partial charge is 0.368 e. The van der Waals surface area contributed by atoms with Crippen molar-refractivity contribution in [3.05, 3.63) is 0 Å². The van der Waals surface area contributed by atoms with Crippen molar-refractivity contribution in [2.45, 2.75) is 82.9 Å². The van der Waals surface area contributed by atoms with E-state index in [1.165, 1.54) is 44.9 Å². The Kier molecular flexibility index (Phi) is 4.11. The number of nitrogens with zero attached hydrogens (tertiary/aromatic N) is 1. The third-order valence-electron chi connectivity index (χ3n) is 5.19. The van der Waals surface area contributed by atoms with E-state index in [-0.39, 0.29) is 6.10 Å². The predicted octanol–water partition coefficient (Wildman–Crippen LogP) is 3.13. The van der Waals surface area contributed by atoms with Gasteiger partial charge < -0.3 is 9.64 Å². The third kappa shape index (κ3) is 2.96. The Morgan fingerprint density at radius 1 is 1.05 bits per heavy atom. The molecule has 2 saturated carbocycles. The average Bonchev–Trinajstić information content (AvgIpc) is 3.12. The van der Waals surface area contributed by atoms with Gasteiger partial charge in [-0.3, -0.25) is 4.79 Å². The van der Waals surface area contributed by atoms with Crippen LogP contribution in [0.15, 0.2) is 0 Å². The zero-order chi connectivity index (χ0) is 13.2. The number of hydrogen-bond acceptors (Lipinski definition) is 2. The van der Waals surface area contributed by atoms with E-state index in [0.29, 0.717) is 18.0 Å². The molecule has 3 heteroatoms. The summed E-state index contributed by atoms with van der Waals surface area (Å²) >= 11 is 0. The number of rotatable bonds is 4. The van der Waals surface area contributed by atoms with Crippen LogP contribution in [0.25, 0.3) is 0 Å². The zero-order valence-electron chi connectivity index (χ0n) is 12.1. The van der Waals surface area contributed by atoms with Gasteiger partial charge in [-0.2, -0.15) is 0 Å². The molecule has 3 nitrogen and oxygen atoms in total.